The van der Waals surface area contributed by atoms with Crippen molar-refractivity contribution in [3.8, 4) is 23.8 Å². The summed E-state index contributed by atoms with van der Waals surface area (Å²) in [6, 6.07) is 15.5. The Morgan fingerprint density at radius 1 is 1.17 bits per heavy atom. The molecule has 3 atom stereocenters. The average molecular weight is 566 g/mol. The number of rotatable bonds is 10. The second-order valence-electron chi connectivity index (χ2n) is 10.3. The van der Waals surface area contributed by atoms with Crippen LogP contribution in [-0.4, -0.2) is 66.9 Å². The van der Waals surface area contributed by atoms with Crippen molar-refractivity contribution in [2.24, 2.45) is 0 Å². The van der Waals surface area contributed by atoms with Crippen LogP contribution in [0.2, 0.25) is 0 Å². The van der Waals surface area contributed by atoms with Crippen molar-refractivity contribution in [2.75, 3.05) is 13.2 Å². The molecule has 2 aromatic heterocycles. The van der Waals surface area contributed by atoms with Gasteiger partial charge < -0.3 is 23.9 Å². The van der Waals surface area contributed by atoms with Crippen molar-refractivity contribution >= 4 is 17.0 Å². The maximum atomic E-state index is 11.6. The topological polar surface area (TPSA) is 159 Å². The zero-order valence-corrected chi connectivity index (χ0v) is 22.8. The van der Waals surface area contributed by atoms with E-state index in [1.807, 2.05) is 12.1 Å². The van der Waals surface area contributed by atoms with E-state index in [2.05, 4.69) is 26.4 Å². The van der Waals surface area contributed by atoms with Gasteiger partial charge in [-0.15, -0.1) is 0 Å². The van der Waals surface area contributed by atoms with E-state index in [4.69, 9.17) is 24.5 Å². The van der Waals surface area contributed by atoms with Crippen molar-refractivity contribution in [1.29, 1.82) is 10.5 Å². The van der Waals surface area contributed by atoms with E-state index in [-0.39, 0.29) is 36.0 Å². The van der Waals surface area contributed by atoms with Crippen molar-refractivity contribution in [2.45, 2.75) is 51.3 Å². The van der Waals surface area contributed by atoms with Gasteiger partial charge in [-0.25, -0.2) is 14.8 Å². The SMILES string of the molecule is C[C@H]1[C@@H](Oc2ccnc(COc3ccc(C#N)cc3C#N)n2)CN1Cc1nc2ccc(C(=O)O)cc2n1C[C@@H]1CCO1. The van der Waals surface area contributed by atoms with Gasteiger partial charge in [0.15, 0.2) is 5.82 Å². The minimum Gasteiger partial charge on any atom is -0.484 e. The molecule has 42 heavy (non-hydrogen) atoms. The molecule has 12 nitrogen and oxygen atoms in total. The number of ether oxygens (including phenoxy) is 3. The number of carboxylic acid groups (broad SMARTS) is 1. The quantitative estimate of drug-likeness (QED) is 0.301. The minimum absolute atomic E-state index is 0.0364. The van der Waals surface area contributed by atoms with Crippen LogP contribution in [0, 0.1) is 22.7 Å². The highest BCUT2D eigenvalue weighted by molar-refractivity contribution is 5.92. The molecular weight excluding hydrogens is 538 g/mol. The molecule has 2 saturated heterocycles. The van der Waals surface area contributed by atoms with E-state index in [9.17, 15) is 15.2 Å². The van der Waals surface area contributed by atoms with Gasteiger partial charge in [-0.3, -0.25) is 4.90 Å². The summed E-state index contributed by atoms with van der Waals surface area (Å²) < 4.78 is 19.7. The molecule has 2 aliphatic rings. The summed E-state index contributed by atoms with van der Waals surface area (Å²) in [5.41, 5.74) is 2.42. The van der Waals surface area contributed by atoms with E-state index >= 15 is 0 Å². The van der Waals surface area contributed by atoms with Crippen LogP contribution in [0.4, 0.5) is 0 Å². The van der Waals surface area contributed by atoms with E-state index in [1.54, 1.807) is 42.6 Å². The molecule has 4 heterocycles. The number of aromatic nitrogens is 4. The van der Waals surface area contributed by atoms with Gasteiger partial charge in [0.25, 0.3) is 0 Å². The summed E-state index contributed by atoms with van der Waals surface area (Å²) in [5.74, 6) is 1.06. The van der Waals surface area contributed by atoms with E-state index < -0.39 is 5.97 Å². The first-order valence-corrected chi connectivity index (χ1v) is 13.6. The molecule has 2 aromatic carbocycles. The lowest BCUT2D eigenvalue weighted by atomic mass is 10.0. The van der Waals surface area contributed by atoms with Crippen LogP contribution in [0.5, 0.6) is 11.6 Å². The van der Waals surface area contributed by atoms with Gasteiger partial charge >= 0.3 is 5.97 Å². The molecule has 2 aliphatic heterocycles. The number of carbonyl (C=O) groups is 1. The molecule has 0 unspecified atom stereocenters. The Labute approximate surface area is 241 Å². The fourth-order valence-electron chi connectivity index (χ4n) is 5.06. The molecule has 0 saturated carbocycles. The van der Waals surface area contributed by atoms with Crippen LogP contribution < -0.4 is 9.47 Å². The fraction of sp³-hybridized carbons (Fsp3) is 0.333. The Kier molecular flexibility index (Phi) is 7.40. The van der Waals surface area contributed by atoms with Crippen LogP contribution >= 0.6 is 0 Å². The largest absolute Gasteiger partial charge is 0.484 e. The van der Waals surface area contributed by atoms with Gasteiger partial charge in [-0.2, -0.15) is 15.5 Å². The van der Waals surface area contributed by atoms with Crippen LogP contribution in [-0.2, 0) is 24.4 Å². The fourth-order valence-corrected chi connectivity index (χ4v) is 5.06. The first-order valence-electron chi connectivity index (χ1n) is 13.6. The van der Waals surface area contributed by atoms with Gasteiger partial charge in [0.1, 0.15) is 30.4 Å². The zero-order chi connectivity index (χ0) is 29.2. The predicted octanol–water partition coefficient (Wildman–Crippen LogP) is 3.29. The second kappa shape index (κ2) is 11.4. The Morgan fingerprint density at radius 2 is 2.02 bits per heavy atom. The summed E-state index contributed by atoms with van der Waals surface area (Å²) in [7, 11) is 0. The first kappa shape index (κ1) is 27.1. The van der Waals surface area contributed by atoms with Gasteiger partial charge in [0.2, 0.25) is 5.88 Å². The highest BCUT2D eigenvalue weighted by Crippen LogP contribution is 2.28. The molecule has 0 bridgehead atoms. The lowest BCUT2D eigenvalue weighted by molar-refractivity contribution is -0.0616. The molecule has 0 spiro atoms. The molecule has 2 fully saturated rings. The number of hydrogen-bond acceptors (Lipinski definition) is 10. The van der Waals surface area contributed by atoms with Crippen LogP contribution in [0.15, 0.2) is 48.7 Å². The summed E-state index contributed by atoms with van der Waals surface area (Å²) in [5, 5.41) is 27.9. The second-order valence-corrected chi connectivity index (χ2v) is 10.3. The molecule has 212 valence electrons. The molecule has 0 aliphatic carbocycles. The van der Waals surface area contributed by atoms with Crippen LogP contribution in [0.3, 0.4) is 0 Å². The molecular formula is C30H27N7O5. The Bertz CT molecular complexity index is 1740. The highest BCUT2D eigenvalue weighted by Gasteiger charge is 2.38. The van der Waals surface area contributed by atoms with Crippen molar-refractivity contribution < 1.29 is 24.1 Å². The number of hydrogen-bond donors (Lipinski definition) is 1. The minimum atomic E-state index is -0.969. The third-order valence-electron chi connectivity index (χ3n) is 7.66. The monoisotopic (exact) mass is 565 g/mol. The number of fused-ring (bicyclic) bond motifs is 1. The van der Waals surface area contributed by atoms with Gasteiger partial charge in [-0.05, 0) is 49.7 Å². The lowest BCUT2D eigenvalue weighted by Gasteiger charge is -2.45. The van der Waals surface area contributed by atoms with E-state index in [1.165, 1.54) is 6.07 Å². The van der Waals surface area contributed by atoms with Crippen molar-refractivity contribution in [1.82, 2.24) is 24.4 Å². The van der Waals surface area contributed by atoms with Crippen LogP contribution in [0.25, 0.3) is 11.0 Å². The van der Waals surface area contributed by atoms with Crippen molar-refractivity contribution in [3.63, 3.8) is 0 Å². The summed E-state index contributed by atoms with van der Waals surface area (Å²) >= 11 is 0. The number of nitriles is 2. The third kappa shape index (κ3) is 5.46. The smallest absolute Gasteiger partial charge is 0.335 e. The zero-order valence-electron chi connectivity index (χ0n) is 22.8. The number of benzene rings is 2. The first-order chi connectivity index (χ1) is 20.4. The lowest BCUT2D eigenvalue weighted by Crippen LogP contribution is -2.60. The number of aromatic carboxylic acids is 1. The van der Waals surface area contributed by atoms with Gasteiger partial charge in [0, 0.05) is 31.5 Å². The summed E-state index contributed by atoms with van der Waals surface area (Å²) in [6.45, 7) is 4.73. The van der Waals surface area contributed by atoms with E-state index in [0.717, 1.165) is 29.9 Å². The van der Waals surface area contributed by atoms with Crippen LogP contribution in [0.1, 0.15) is 46.5 Å². The van der Waals surface area contributed by atoms with Gasteiger partial charge in [-0.1, -0.05) is 0 Å². The number of imidazole rings is 1. The Balaban J connectivity index is 1.10. The number of nitrogens with zero attached hydrogens (tertiary/aromatic N) is 7. The predicted molar refractivity (Wildman–Crippen MR) is 148 cm³/mol. The van der Waals surface area contributed by atoms with E-state index in [0.29, 0.717) is 42.7 Å². The Hall–Kier alpha value is -5.04. The molecule has 4 aromatic rings. The van der Waals surface area contributed by atoms with Gasteiger partial charge in [0.05, 0.1) is 53.0 Å². The molecule has 12 heteroatoms. The third-order valence-corrected chi connectivity index (χ3v) is 7.66. The summed E-state index contributed by atoms with van der Waals surface area (Å²) in [4.78, 5) is 27.4. The molecule has 1 N–H and O–H groups in total. The average Bonchev–Trinajstić information content (AvgIpc) is 3.33. The highest BCUT2D eigenvalue weighted by atomic mass is 16.5. The van der Waals surface area contributed by atoms with Crippen molar-refractivity contribution in [3.05, 3.63) is 77.0 Å². The molecule has 6 rings (SSSR count). The maximum Gasteiger partial charge on any atom is 0.335 e. The Morgan fingerprint density at radius 3 is 2.74 bits per heavy atom. The maximum absolute atomic E-state index is 11.6. The standard InChI is InChI=1S/C30H27N7O5/c1-18-26(42-29-6-8-33-27(35-29)17-41-25-5-2-19(12-31)10-21(25)13-32)15-36(18)16-28-34-23-4-3-20(30(38)39)11-24(23)37(28)14-22-7-9-40-22/h2-6,8,10-11,18,22,26H,7,9,14-17H2,1H3,(H,38,39)/t18-,22-,26-/m0/s1. The molecule has 0 radical (unpaired) electrons. The number of likely N-dealkylation sites (tertiary alicyclic amines) is 1. The summed E-state index contributed by atoms with van der Waals surface area (Å²) in [6.07, 6.45) is 2.57. The molecule has 0 amide bonds. The number of carboxylic acids is 1. The normalized spacial score (nSPS) is 19.7.